The Morgan fingerprint density at radius 1 is 0.789 bits per heavy atom. The first-order valence-corrected chi connectivity index (χ1v) is 6.80. The summed E-state index contributed by atoms with van der Waals surface area (Å²) in [6.07, 6.45) is 0. The molecule has 1 atom stereocenters. The Labute approximate surface area is 115 Å². The maximum atomic E-state index is 5.80. The number of hydrogen-bond donors (Lipinski definition) is 2. The highest BCUT2D eigenvalue weighted by atomic mass is 15.2. The third-order valence-electron chi connectivity index (χ3n) is 3.59. The minimum atomic E-state index is 0.213. The number of nitrogens with two attached hydrogens (primary N) is 1. The zero-order valence-corrected chi connectivity index (χ0v) is 11.6. The van der Waals surface area contributed by atoms with Crippen LogP contribution in [-0.4, -0.2) is 6.04 Å². The molecule has 0 bridgehead atoms. The first-order valence-electron chi connectivity index (χ1n) is 6.80. The van der Waals surface area contributed by atoms with Gasteiger partial charge in [0.2, 0.25) is 0 Å². The van der Waals surface area contributed by atoms with E-state index in [9.17, 15) is 0 Å². The fourth-order valence-corrected chi connectivity index (χ4v) is 2.60. The monoisotopic (exact) mass is 254 g/mol. The van der Waals surface area contributed by atoms with Crippen molar-refractivity contribution in [3.8, 4) is 0 Å². The van der Waals surface area contributed by atoms with Gasteiger partial charge in [-0.15, -0.1) is 0 Å². The predicted molar refractivity (Wildman–Crippen MR) is 80.7 cm³/mol. The molecule has 0 aliphatic carbocycles. The maximum Gasteiger partial charge on any atom is 0.0342 e. The predicted octanol–water partition coefficient (Wildman–Crippen LogP) is 3.31. The van der Waals surface area contributed by atoms with Crippen LogP contribution in [0.2, 0.25) is 0 Å². The Morgan fingerprint density at radius 2 is 1.21 bits per heavy atom. The SMILES string of the molecule is CC(C)C(NN)C(c1ccccc1)c1ccccc1. The molecule has 2 rings (SSSR count). The molecule has 0 aliphatic rings. The van der Waals surface area contributed by atoms with Crippen molar-refractivity contribution in [3.05, 3.63) is 71.8 Å². The van der Waals surface area contributed by atoms with Gasteiger partial charge in [-0.25, -0.2) is 0 Å². The molecule has 19 heavy (non-hydrogen) atoms. The van der Waals surface area contributed by atoms with Crippen molar-refractivity contribution in [3.63, 3.8) is 0 Å². The second kappa shape index (κ2) is 6.50. The summed E-state index contributed by atoms with van der Waals surface area (Å²) in [4.78, 5) is 0. The van der Waals surface area contributed by atoms with Crippen molar-refractivity contribution in [2.75, 3.05) is 0 Å². The normalized spacial score (nSPS) is 12.9. The van der Waals surface area contributed by atoms with E-state index in [1.54, 1.807) is 0 Å². The zero-order valence-electron chi connectivity index (χ0n) is 11.6. The van der Waals surface area contributed by atoms with E-state index >= 15 is 0 Å². The number of hydrogen-bond acceptors (Lipinski definition) is 2. The summed E-state index contributed by atoms with van der Waals surface area (Å²) < 4.78 is 0. The lowest BCUT2D eigenvalue weighted by atomic mass is 9.80. The van der Waals surface area contributed by atoms with Gasteiger partial charge in [-0.3, -0.25) is 11.3 Å². The van der Waals surface area contributed by atoms with Gasteiger partial charge in [-0.1, -0.05) is 74.5 Å². The molecule has 2 heteroatoms. The molecule has 0 heterocycles. The Hall–Kier alpha value is -1.64. The fraction of sp³-hybridized carbons (Fsp3) is 0.294. The average molecular weight is 254 g/mol. The van der Waals surface area contributed by atoms with Gasteiger partial charge >= 0.3 is 0 Å². The van der Waals surface area contributed by atoms with Crippen molar-refractivity contribution in [2.24, 2.45) is 11.8 Å². The van der Waals surface area contributed by atoms with Crippen LogP contribution in [-0.2, 0) is 0 Å². The summed E-state index contributed by atoms with van der Waals surface area (Å²) in [5, 5.41) is 0. The molecule has 2 aromatic rings. The standard InChI is InChI=1S/C17H22N2/c1-13(2)17(19-18)16(14-9-5-3-6-10-14)15-11-7-4-8-12-15/h3-13,16-17,19H,18H2,1-2H3. The molecule has 2 nitrogen and oxygen atoms in total. The maximum absolute atomic E-state index is 5.80. The van der Waals surface area contributed by atoms with E-state index in [-0.39, 0.29) is 12.0 Å². The van der Waals surface area contributed by atoms with E-state index < -0.39 is 0 Å². The Morgan fingerprint density at radius 3 is 1.53 bits per heavy atom. The Balaban J connectivity index is 2.45. The number of benzene rings is 2. The Kier molecular flexibility index (Phi) is 4.72. The van der Waals surface area contributed by atoms with Crippen molar-refractivity contribution in [2.45, 2.75) is 25.8 Å². The third-order valence-corrected chi connectivity index (χ3v) is 3.59. The van der Waals surface area contributed by atoms with Crippen LogP contribution in [0.5, 0.6) is 0 Å². The van der Waals surface area contributed by atoms with E-state index in [4.69, 9.17) is 5.84 Å². The second-order valence-electron chi connectivity index (χ2n) is 5.24. The molecule has 1 unspecified atom stereocenters. The van der Waals surface area contributed by atoms with E-state index in [0.717, 1.165) is 0 Å². The van der Waals surface area contributed by atoms with Crippen LogP contribution in [0.1, 0.15) is 30.9 Å². The number of rotatable bonds is 5. The summed E-state index contributed by atoms with van der Waals surface area (Å²) >= 11 is 0. The molecular weight excluding hydrogens is 232 g/mol. The minimum absolute atomic E-state index is 0.213. The zero-order chi connectivity index (χ0) is 13.7. The molecule has 2 aromatic carbocycles. The number of hydrazine groups is 1. The minimum Gasteiger partial charge on any atom is -0.271 e. The van der Waals surface area contributed by atoms with Gasteiger partial charge in [0.15, 0.2) is 0 Å². The van der Waals surface area contributed by atoms with Crippen molar-refractivity contribution < 1.29 is 0 Å². The molecule has 0 fully saturated rings. The summed E-state index contributed by atoms with van der Waals surface area (Å²) in [6, 6.07) is 21.3. The van der Waals surface area contributed by atoms with Crippen LogP contribution >= 0.6 is 0 Å². The molecule has 0 aliphatic heterocycles. The summed E-state index contributed by atoms with van der Waals surface area (Å²) in [5.74, 6) is 6.52. The molecule has 3 N–H and O–H groups in total. The quantitative estimate of drug-likeness (QED) is 0.634. The van der Waals surface area contributed by atoms with Crippen LogP contribution in [0.15, 0.2) is 60.7 Å². The molecule has 0 spiro atoms. The van der Waals surface area contributed by atoms with Gasteiger partial charge in [0, 0.05) is 12.0 Å². The van der Waals surface area contributed by atoms with Crippen LogP contribution in [0.25, 0.3) is 0 Å². The molecule has 100 valence electrons. The van der Waals surface area contributed by atoms with Gasteiger partial charge in [0.25, 0.3) is 0 Å². The first kappa shape index (κ1) is 13.8. The van der Waals surface area contributed by atoms with E-state index in [0.29, 0.717) is 5.92 Å². The molecule has 0 amide bonds. The average Bonchev–Trinajstić information content (AvgIpc) is 2.46. The largest absolute Gasteiger partial charge is 0.271 e. The third kappa shape index (κ3) is 3.22. The van der Waals surface area contributed by atoms with Gasteiger partial charge in [-0.05, 0) is 17.0 Å². The summed E-state index contributed by atoms with van der Waals surface area (Å²) in [6.45, 7) is 4.40. The number of nitrogens with one attached hydrogen (secondary N) is 1. The Bertz CT molecular complexity index is 440. The van der Waals surface area contributed by atoms with Gasteiger partial charge in [0.05, 0.1) is 0 Å². The lowest BCUT2D eigenvalue weighted by Crippen LogP contribution is -2.43. The van der Waals surface area contributed by atoms with Crippen LogP contribution < -0.4 is 11.3 Å². The van der Waals surface area contributed by atoms with Gasteiger partial charge < -0.3 is 0 Å². The second-order valence-corrected chi connectivity index (χ2v) is 5.24. The first-order chi connectivity index (χ1) is 9.24. The highest BCUT2D eigenvalue weighted by Crippen LogP contribution is 2.30. The highest BCUT2D eigenvalue weighted by molar-refractivity contribution is 5.34. The van der Waals surface area contributed by atoms with Crippen molar-refractivity contribution >= 4 is 0 Å². The fourth-order valence-electron chi connectivity index (χ4n) is 2.60. The van der Waals surface area contributed by atoms with E-state index in [1.807, 2.05) is 12.1 Å². The molecule has 0 saturated heterocycles. The van der Waals surface area contributed by atoms with Crippen molar-refractivity contribution in [1.82, 2.24) is 5.43 Å². The van der Waals surface area contributed by atoms with E-state index in [2.05, 4.69) is 67.8 Å². The van der Waals surface area contributed by atoms with Crippen molar-refractivity contribution in [1.29, 1.82) is 0 Å². The molecular formula is C17H22N2. The summed E-state index contributed by atoms with van der Waals surface area (Å²) in [7, 11) is 0. The van der Waals surface area contributed by atoms with Gasteiger partial charge in [-0.2, -0.15) is 0 Å². The lowest BCUT2D eigenvalue weighted by molar-refractivity contribution is 0.372. The molecule has 0 saturated carbocycles. The van der Waals surface area contributed by atoms with Gasteiger partial charge in [0.1, 0.15) is 0 Å². The smallest absolute Gasteiger partial charge is 0.0342 e. The topological polar surface area (TPSA) is 38.0 Å². The van der Waals surface area contributed by atoms with Crippen LogP contribution in [0.3, 0.4) is 0 Å². The summed E-state index contributed by atoms with van der Waals surface area (Å²) in [5.41, 5.74) is 5.59. The van der Waals surface area contributed by atoms with Crippen LogP contribution in [0, 0.1) is 5.92 Å². The van der Waals surface area contributed by atoms with Crippen LogP contribution in [0.4, 0.5) is 0 Å². The lowest BCUT2D eigenvalue weighted by Gasteiger charge is -2.30. The van der Waals surface area contributed by atoms with E-state index in [1.165, 1.54) is 11.1 Å². The highest BCUT2D eigenvalue weighted by Gasteiger charge is 2.26. The molecule has 0 aromatic heterocycles. The molecule has 0 radical (unpaired) electrons.